The molecule has 1 aromatic heterocycles. The first-order valence-corrected chi connectivity index (χ1v) is 8.66. The second-order valence-corrected chi connectivity index (χ2v) is 6.76. The number of carbonyl (C=O) groups excluding carboxylic acids is 2. The van der Waals surface area contributed by atoms with Gasteiger partial charge in [0.15, 0.2) is 0 Å². The van der Waals surface area contributed by atoms with E-state index in [0.717, 1.165) is 6.42 Å². The lowest BCUT2D eigenvalue weighted by Crippen LogP contribution is -2.36. The van der Waals surface area contributed by atoms with Gasteiger partial charge in [-0.25, -0.2) is 4.98 Å². The quantitative estimate of drug-likeness (QED) is 0.933. The Morgan fingerprint density at radius 1 is 1.08 bits per heavy atom. The Bertz CT molecular complexity index is 786. The monoisotopic (exact) mass is 337 g/mol. The number of hydrogen-bond acceptors (Lipinski definition) is 3. The fourth-order valence-corrected chi connectivity index (χ4v) is 2.90. The summed E-state index contributed by atoms with van der Waals surface area (Å²) in [6.45, 7) is 5.90. The Morgan fingerprint density at radius 2 is 1.80 bits per heavy atom. The normalized spacial score (nSPS) is 13.5. The first-order chi connectivity index (χ1) is 12.0. The van der Waals surface area contributed by atoms with Gasteiger partial charge >= 0.3 is 0 Å². The molecular formula is C20H23N3O2. The topological polar surface area (TPSA) is 62.3 Å². The van der Waals surface area contributed by atoms with Crippen LogP contribution in [-0.4, -0.2) is 34.8 Å². The predicted octanol–water partition coefficient (Wildman–Crippen LogP) is 2.67. The van der Waals surface area contributed by atoms with Gasteiger partial charge in [0.1, 0.15) is 11.4 Å². The summed E-state index contributed by atoms with van der Waals surface area (Å²) in [6.07, 6.45) is 0.844. The lowest BCUT2D eigenvalue weighted by molar-refractivity contribution is 0.0728. The van der Waals surface area contributed by atoms with Crippen LogP contribution in [0.25, 0.3) is 0 Å². The third-order valence-corrected chi connectivity index (χ3v) is 4.29. The summed E-state index contributed by atoms with van der Waals surface area (Å²) in [6, 6.07) is 13.2. The van der Waals surface area contributed by atoms with Crippen molar-refractivity contribution in [1.82, 2.24) is 15.2 Å². The number of nitrogens with one attached hydrogen (secondary N) is 1. The number of pyridine rings is 1. The maximum Gasteiger partial charge on any atom is 0.272 e. The Labute approximate surface area is 148 Å². The van der Waals surface area contributed by atoms with Crippen LogP contribution in [0.1, 0.15) is 46.0 Å². The highest BCUT2D eigenvalue weighted by Gasteiger charge is 2.23. The highest BCUT2D eigenvalue weighted by molar-refractivity contribution is 5.96. The Kier molecular flexibility index (Phi) is 5.12. The van der Waals surface area contributed by atoms with Gasteiger partial charge in [0.25, 0.3) is 11.8 Å². The molecule has 130 valence electrons. The van der Waals surface area contributed by atoms with Gasteiger partial charge in [-0.05, 0) is 35.6 Å². The summed E-state index contributed by atoms with van der Waals surface area (Å²) < 4.78 is 0. The van der Waals surface area contributed by atoms with E-state index in [-0.39, 0.29) is 17.5 Å². The molecule has 1 aliphatic rings. The molecule has 1 aliphatic heterocycles. The zero-order valence-electron chi connectivity index (χ0n) is 14.7. The molecule has 1 N–H and O–H groups in total. The molecule has 5 nitrogen and oxygen atoms in total. The van der Waals surface area contributed by atoms with Crippen LogP contribution in [0.15, 0.2) is 42.5 Å². The maximum atomic E-state index is 12.8. The van der Waals surface area contributed by atoms with E-state index in [4.69, 9.17) is 0 Å². The van der Waals surface area contributed by atoms with Gasteiger partial charge in [0.05, 0.1) is 0 Å². The van der Waals surface area contributed by atoms with E-state index in [1.807, 2.05) is 26.0 Å². The summed E-state index contributed by atoms with van der Waals surface area (Å²) in [7, 11) is 0. The molecule has 0 saturated carbocycles. The SMILES string of the molecule is CC(C)CNC(=O)c1cccc(C(=O)N2CCc3ccccc3C2)n1. The summed E-state index contributed by atoms with van der Waals surface area (Å²) in [5, 5.41) is 2.83. The Morgan fingerprint density at radius 3 is 2.56 bits per heavy atom. The molecule has 0 unspecified atom stereocenters. The van der Waals surface area contributed by atoms with E-state index in [9.17, 15) is 9.59 Å². The molecule has 0 saturated heterocycles. The molecule has 3 rings (SSSR count). The van der Waals surface area contributed by atoms with Crippen LogP contribution >= 0.6 is 0 Å². The van der Waals surface area contributed by atoms with Crippen LogP contribution in [0.3, 0.4) is 0 Å². The molecule has 0 radical (unpaired) electrons. The van der Waals surface area contributed by atoms with E-state index in [1.165, 1.54) is 11.1 Å². The second kappa shape index (κ2) is 7.47. The average Bonchev–Trinajstić information content (AvgIpc) is 2.65. The molecule has 0 spiro atoms. The van der Waals surface area contributed by atoms with Gasteiger partial charge in [-0.15, -0.1) is 0 Å². The highest BCUT2D eigenvalue weighted by Crippen LogP contribution is 2.19. The average molecular weight is 337 g/mol. The van der Waals surface area contributed by atoms with Crippen molar-refractivity contribution in [2.24, 2.45) is 5.92 Å². The van der Waals surface area contributed by atoms with Crippen molar-refractivity contribution in [2.45, 2.75) is 26.8 Å². The zero-order valence-corrected chi connectivity index (χ0v) is 14.7. The molecule has 25 heavy (non-hydrogen) atoms. The molecule has 2 heterocycles. The molecule has 0 bridgehead atoms. The van der Waals surface area contributed by atoms with Gasteiger partial charge in [-0.3, -0.25) is 9.59 Å². The van der Waals surface area contributed by atoms with Crippen molar-refractivity contribution < 1.29 is 9.59 Å². The fraction of sp³-hybridized carbons (Fsp3) is 0.350. The third-order valence-electron chi connectivity index (χ3n) is 4.29. The van der Waals surface area contributed by atoms with Gasteiger partial charge in [-0.2, -0.15) is 0 Å². The minimum absolute atomic E-state index is 0.131. The van der Waals surface area contributed by atoms with Crippen molar-refractivity contribution in [3.05, 3.63) is 65.0 Å². The largest absolute Gasteiger partial charge is 0.350 e. The number of fused-ring (bicyclic) bond motifs is 1. The summed E-state index contributed by atoms with van der Waals surface area (Å²) in [5.74, 6) is -0.0115. The molecule has 5 heteroatoms. The van der Waals surface area contributed by atoms with E-state index >= 15 is 0 Å². The van der Waals surface area contributed by atoms with E-state index in [1.54, 1.807) is 23.1 Å². The van der Waals surface area contributed by atoms with Crippen molar-refractivity contribution in [1.29, 1.82) is 0 Å². The standard InChI is InChI=1S/C20H23N3O2/c1-14(2)12-21-19(24)17-8-5-9-18(22-17)20(25)23-11-10-15-6-3-4-7-16(15)13-23/h3-9,14H,10-13H2,1-2H3,(H,21,24). The lowest BCUT2D eigenvalue weighted by atomic mass is 10.00. The van der Waals surface area contributed by atoms with Crippen LogP contribution in [0, 0.1) is 5.92 Å². The van der Waals surface area contributed by atoms with E-state index in [2.05, 4.69) is 22.4 Å². The lowest BCUT2D eigenvalue weighted by Gasteiger charge is -2.28. The molecule has 0 atom stereocenters. The number of benzene rings is 1. The van der Waals surface area contributed by atoms with Gasteiger partial charge in [0.2, 0.25) is 0 Å². The number of rotatable bonds is 4. The Hall–Kier alpha value is -2.69. The van der Waals surface area contributed by atoms with Gasteiger partial charge in [0, 0.05) is 19.6 Å². The first kappa shape index (κ1) is 17.1. The highest BCUT2D eigenvalue weighted by atomic mass is 16.2. The maximum absolute atomic E-state index is 12.8. The first-order valence-electron chi connectivity index (χ1n) is 8.66. The predicted molar refractivity (Wildman–Crippen MR) is 96.3 cm³/mol. The van der Waals surface area contributed by atoms with Crippen LogP contribution in [0.4, 0.5) is 0 Å². The van der Waals surface area contributed by atoms with Crippen LogP contribution in [-0.2, 0) is 13.0 Å². The minimum atomic E-state index is -0.243. The molecular weight excluding hydrogens is 314 g/mol. The summed E-state index contributed by atoms with van der Waals surface area (Å²) >= 11 is 0. The van der Waals surface area contributed by atoms with E-state index < -0.39 is 0 Å². The van der Waals surface area contributed by atoms with Crippen LogP contribution in [0.2, 0.25) is 0 Å². The molecule has 0 fully saturated rings. The number of carbonyl (C=O) groups is 2. The smallest absolute Gasteiger partial charge is 0.272 e. The molecule has 2 aromatic rings. The van der Waals surface area contributed by atoms with Crippen LogP contribution < -0.4 is 5.32 Å². The third kappa shape index (κ3) is 4.05. The summed E-state index contributed by atoms with van der Waals surface area (Å²) in [4.78, 5) is 31.0. The fourth-order valence-electron chi connectivity index (χ4n) is 2.90. The molecule has 1 aromatic carbocycles. The zero-order chi connectivity index (χ0) is 17.8. The second-order valence-electron chi connectivity index (χ2n) is 6.76. The van der Waals surface area contributed by atoms with Gasteiger partial charge < -0.3 is 10.2 Å². The van der Waals surface area contributed by atoms with Crippen molar-refractivity contribution >= 4 is 11.8 Å². The number of amides is 2. The number of hydrogen-bond donors (Lipinski definition) is 1. The number of nitrogens with zero attached hydrogens (tertiary/aromatic N) is 2. The molecule has 0 aliphatic carbocycles. The Balaban J connectivity index is 1.73. The molecule has 2 amide bonds. The van der Waals surface area contributed by atoms with Gasteiger partial charge in [-0.1, -0.05) is 44.2 Å². The van der Waals surface area contributed by atoms with Crippen molar-refractivity contribution in [3.63, 3.8) is 0 Å². The minimum Gasteiger partial charge on any atom is -0.350 e. The number of aromatic nitrogens is 1. The summed E-state index contributed by atoms with van der Waals surface area (Å²) in [5.41, 5.74) is 3.06. The van der Waals surface area contributed by atoms with Crippen LogP contribution in [0.5, 0.6) is 0 Å². The van der Waals surface area contributed by atoms with Crippen molar-refractivity contribution in [2.75, 3.05) is 13.1 Å². The van der Waals surface area contributed by atoms with Crippen molar-refractivity contribution in [3.8, 4) is 0 Å². The van der Waals surface area contributed by atoms with E-state index in [0.29, 0.717) is 31.2 Å².